The van der Waals surface area contributed by atoms with Crippen LogP contribution in [0.5, 0.6) is 0 Å². The third-order valence-electron chi connectivity index (χ3n) is 8.22. The minimum absolute atomic E-state index is 0.0397. The van der Waals surface area contributed by atoms with E-state index < -0.39 is 14.1 Å². The lowest BCUT2D eigenvalue weighted by molar-refractivity contribution is -0.141. The van der Waals surface area contributed by atoms with Crippen LogP contribution in [0.15, 0.2) is 35.6 Å². The molecule has 0 radical (unpaired) electrons. The first kappa shape index (κ1) is 30.1. The van der Waals surface area contributed by atoms with E-state index >= 15 is 0 Å². The van der Waals surface area contributed by atoms with Crippen molar-refractivity contribution in [3.8, 4) is 0 Å². The molecule has 0 aromatic carbocycles. The Hall–Kier alpha value is -1.45. The highest BCUT2D eigenvalue weighted by Gasteiger charge is 2.45. The Balaban J connectivity index is 1.90. The molecule has 0 unspecified atom stereocenters. The summed E-state index contributed by atoms with van der Waals surface area (Å²) < 4.78 is 36.1. The van der Waals surface area contributed by atoms with Gasteiger partial charge in [-0.2, -0.15) is 0 Å². The number of methoxy groups -OCH3 is 1. The van der Waals surface area contributed by atoms with Gasteiger partial charge < -0.3 is 28.1 Å². The van der Waals surface area contributed by atoms with Crippen LogP contribution in [-0.4, -0.2) is 59.4 Å². The summed E-state index contributed by atoms with van der Waals surface area (Å²) in [6.45, 7) is 17.0. The van der Waals surface area contributed by atoms with E-state index in [1.165, 1.54) is 24.3 Å². The molecule has 37 heavy (non-hydrogen) atoms. The van der Waals surface area contributed by atoms with E-state index in [2.05, 4.69) is 46.9 Å². The fraction of sp³-hybridized carbons (Fsp3) is 0.759. The second kappa shape index (κ2) is 12.6. The molecule has 3 rings (SSSR count). The summed E-state index contributed by atoms with van der Waals surface area (Å²) in [5, 5.41) is 0.0397. The summed E-state index contributed by atoms with van der Waals surface area (Å²) in [6.07, 6.45) is 11.7. The van der Waals surface area contributed by atoms with E-state index in [4.69, 9.17) is 28.1 Å². The summed E-state index contributed by atoms with van der Waals surface area (Å²) in [5.74, 6) is -0.870. The van der Waals surface area contributed by atoms with Crippen LogP contribution in [0.4, 0.5) is 0 Å². The van der Waals surface area contributed by atoms with Crippen LogP contribution in [0, 0.1) is 11.8 Å². The zero-order chi connectivity index (χ0) is 27.3. The van der Waals surface area contributed by atoms with Crippen LogP contribution in [-0.2, 0) is 32.9 Å². The van der Waals surface area contributed by atoms with Gasteiger partial charge in [0, 0.05) is 25.5 Å². The van der Waals surface area contributed by atoms with Crippen LogP contribution in [0.3, 0.4) is 0 Å². The third kappa shape index (κ3) is 7.79. The molecule has 2 fully saturated rings. The molecule has 7 nitrogen and oxygen atoms in total. The Morgan fingerprint density at radius 1 is 1.27 bits per heavy atom. The van der Waals surface area contributed by atoms with Crippen molar-refractivity contribution in [3.05, 3.63) is 35.6 Å². The van der Waals surface area contributed by atoms with Crippen molar-refractivity contribution in [1.82, 2.24) is 0 Å². The molecular weight excluding hydrogens is 488 g/mol. The van der Waals surface area contributed by atoms with E-state index in [0.717, 1.165) is 25.7 Å². The maximum atomic E-state index is 11.8. The van der Waals surface area contributed by atoms with Gasteiger partial charge in [-0.3, -0.25) is 0 Å². The van der Waals surface area contributed by atoms with Crippen molar-refractivity contribution in [3.63, 3.8) is 0 Å². The van der Waals surface area contributed by atoms with Gasteiger partial charge in [0.25, 0.3) is 0 Å². The van der Waals surface area contributed by atoms with Crippen molar-refractivity contribution < 1.29 is 32.9 Å². The van der Waals surface area contributed by atoms with Crippen molar-refractivity contribution >= 4 is 14.3 Å². The summed E-state index contributed by atoms with van der Waals surface area (Å²) in [4.78, 5) is 11.8. The third-order valence-corrected chi connectivity index (χ3v) is 12.7. The molecule has 1 saturated carbocycles. The summed E-state index contributed by atoms with van der Waals surface area (Å²) in [7, 11) is -0.734. The SMILES string of the molecule is CCO[C@@H]1C[C@@H]2CCC/C(=C\C3(C[C@H](O[Si](C)(C)C(C)(C)C)[C@@H](C)/C=C/C(=O)OC)OCCO3)C2=CO1. The molecule has 1 aliphatic carbocycles. The molecule has 4 atom stereocenters. The number of ether oxygens (including phenoxy) is 5. The van der Waals surface area contributed by atoms with Gasteiger partial charge in [-0.15, -0.1) is 0 Å². The number of carbonyl (C=O) groups is 1. The lowest BCUT2D eigenvalue weighted by atomic mass is 9.77. The highest BCUT2D eigenvalue weighted by molar-refractivity contribution is 6.74. The second-order valence-corrected chi connectivity index (χ2v) is 16.7. The Kier molecular flexibility index (Phi) is 10.2. The molecule has 8 heteroatoms. The van der Waals surface area contributed by atoms with Crippen molar-refractivity contribution in [1.29, 1.82) is 0 Å². The monoisotopic (exact) mass is 536 g/mol. The number of allylic oxidation sites excluding steroid dienone is 2. The van der Waals surface area contributed by atoms with E-state index in [1.807, 2.05) is 19.3 Å². The predicted octanol–water partition coefficient (Wildman–Crippen LogP) is 6.27. The van der Waals surface area contributed by atoms with Gasteiger partial charge in [0.1, 0.15) is 0 Å². The number of fused-ring (bicyclic) bond motifs is 1. The molecule has 1 saturated heterocycles. The number of rotatable bonds is 10. The van der Waals surface area contributed by atoms with Gasteiger partial charge >= 0.3 is 5.97 Å². The zero-order valence-electron chi connectivity index (χ0n) is 24.1. The number of esters is 1. The average molecular weight is 537 g/mol. The fourth-order valence-electron chi connectivity index (χ4n) is 4.99. The fourth-order valence-corrected chi connectivity index (χ4v) is 6.40. The quantitative estimate of drug-likeness (QED) is 0.185. The van der Waals surface area contributed by atoms with E-state index in [1.54, 1.807) is 0 Å². The van der Waals surface area contributed by atoms with E-state index in [-0.39, 0.29) is 29.3 Å². The number of hydrogen-bond acceptors (Lipinski definition) is 7. The Labute approximate surface area is 224 Å². The van der Waals surface area contributed by atoms with Gasteiger partial charge in [-0.05, 0) is 73.4 Å². The molecule has 0 bridgehead atoms. The first-order valence-electron chi connectivity index (χ1n) is 13.8. The van der Waals surface area contributed by atoms with E-state index in [0.29, 0.717) is 32.2 Å². The summed E-state index contributed by atoms with van der Waals surface area (Å²) in [6, 6.07) is 0. The zero-order valence-corrected chi connectivity index (χ0v) is 25.1. The molecule has 210 valence electrons. The minimum Gasteiger partial charge on any atom is -0.472 e. The van der Waals surface area contributed by atoms with Crippen molar-refractivity contribution in [2.45, 2.75) is 103 Å². The van der Waals surface area contributed by atoms with E-state index in [9.17, 15) is 4.79 Å². The molecule has 0 amide bonds. The largest absolute Gasteiger partial charge is 0.472 e. The maximum absolute atomic E-state index is 11.8. The predicted molar refractivity (Wildman–Crippen MR) is 146 cm³/mol. The van der Waals surface area contributed by atoms with Gasteiger partial charge in [-0.1, -0.05) is 33.8 Å². The Bertz CT molecular complexity index is 864. The van der Waals surface area contributed by atoms with Crippen LogP contribution in [0.25, 0.3) is 0 Å². The van der Waals surface area contributed by atoms with Gasteiger partial charge in [0.2, 0.25) is 0 Å². The highest BCUT2D eigenvalue weighted by atomic mass is 28.4. The maximum Gasteiger partial charge on any atom is 0.330 e. The second-order valence-electron chi connectivity index (χ2n) is 12.0. The topological polar surface area (TPSA) is 72.5 Å². The minimum atomic E-state index is -2.12. The van der Waals surface area contributed by atoms with Crippen molar-refractivity contribution in [2.24, 2.45) is 11.8 Å². The first-order valence-corrected chi connectivity index (χ1v) is 16.7. The molecule has 0 aromatic rings. The van der Waals surface area contributed by atoms with Gasteiger partial charge in [-0.25, -0.2) is 4.79 Å². The van der Waals surface area contributed by atoms with Gasteiger partial charge in [0.15, 0.2) is 20.4 Å². The molecule has 2 heterocycles. The molecular formula is C29H48O7Si. The lowest BCUT2D eigenvalue weighted by Crippen LogP contribution is -2.48. The normalized spacial score (nSPS) is 26.9. The van der Waals surface area contributed by atoms with Crippen LogP contribution in [0.1, 0.15) is 66.7 Å². The first-order chi connectivity index (χ1) is 17.4. The molecule has 3 aliphatic rings. The highest BCUT2D eigenvalue weighted by Crippen LogP contribution is 2.44. The number of carbonyl (C=O) groups excluding carboxylic acids is 1. The molecule has 0 aromatic heterocycles. The van der Waals surface area contributed by atoms with Crippen LogP contribution < -0.4 is 0 Å². The summed E-state index contributed by atoms with van der Waals surface area (Å²) >= 11 is 0. The Morgan fingerprint density at radius 3 is 2.59 bits per heavy atom. The molecule has 0 spiro atoms. The average Bonchev–Trinajstić information content (AvgIpc) is 3.29. The van der Waals surface area contributed by atoms with Gasteiger partial charge in [0.05, 0.1) is 32.7 Å². The van der Waals surface area contributed by atoms with Crippen molar-refractivity contribution in [2.75, 3.05) is 26.9 Å². The smallest absolute Gasteiger partial charge is 0.330 e. The molecule has 0 N–H and O–H groups in total. The standard InChI is InChI=1S/C29H48O7Si/c1-9-32-27-17-22-11-10-12-23(24(22)20-33-27)18-29(34-15-16-35-29)19-25(21(2)13-14-26(30)31-6)36-37(7,8)28(3,4)5/h13-14,18,20-22,25,27H,9-12,15-17,19H2,1-8H3/b14-13+,23-18+/t21-,22-,25-,27-/m0/s1. The molecule has 2 aliphatic heterocycles. The lowest BCUT2D eigenvalue weighted by Gasteiger charge is -2.42. The Morgan fingerprint density at radius 2 is 1.97 bits per heavy atom. The number of hydrogen-bond donors (Lipinski definition) is 0. The summed E-state index contributed by atoms with van der Waals surface area (Å²) in [5.41, 5.74) is 2.47. The van der Waals surface area contributed by atoms with Crippen LogP contribution >= 0.6 is 0 Å². The van der Waals surface area contributed by atoms with Crippen LogP contribution in [0.2, 0.25) is 18.1 Å².